The van der Waals surface area contributed by atoms with Gasteiger partial charge in [0.2, 0.25) is 0 Å². The molecular weight excluding hydrogens is 293 g/mol. The molecule has 7 heteroatoms. The first-order chi connectivity index (χ1) is 10.5. The van der Waals surface area contributed by atoms with Gasteiger partial charge in [-0.2, -0.15) is 18.3 Å². The average Bonchev–Trinajstić information content (AvgIpc) is 2.89. The highest BCUT2D eigenvalue weighted by atomic mass is 19.4. The van der Waals surface area contributed by atoms with E-state index in [0.717, 1.165) is 49.7 Å². The second kappa shape index (κ2) is 5.64. The molecule has 118 valence electrons. The summed E-state index contributed by atoms with van der Waals surface area (Å²) in [6.07, 6.45) is -2.63. The third kappa shape index (κ3) is 2.81. The first-order valence-electron chi connectivity index (χ1n) is 7.15. The summed E-state index contributed by atoms with van der Waals surface area (Å²) >= 11 is 0. The lowest BCUT2D eigenvalue weighted by atomic mass is 10.2. The van der Waals surface area contributed by atoms with E-state index in [-0.39, 0.29) is 0 Å². The molecule has 0 spiro atoms. The second-order valence-corrected chi connectivity index (χ2v) is 5.31. The summed E-state index contributed by atoms with van der Waals surface area (Å²) in [5, 5.41) is 7.54. The smallest absolute Gasteiger partial charge is 0.366 e. The monoisotopic (exact) mass is 310 g/mol. The molecule has 1 saturated heterocycles. The fourth-order valence-electron chi connectivity index (χ4n) is 2.69. The summed E-state index contributed by atoms with van der Waals surface area (Å²) in [5.74, 6) is 0. The van der Waals surface area contributed by atoms with E-state index in [2.05, 4.69) is 15.3 Å². The second-order valence-electron chi connectivity index (χ2n) is 5.31. The SMILES string of the molecule is Cc1c(N2CCNCC2)cnn1-c1cccc(C(F)(F)F)c1. The molecular formula is C15H17F3N4. The van der Waals surface area contributed by atoms with Crippen molar-refractivity contribution in [3.05, 3.63) is 41.7 Å². The minimum atomic E-state index is -4.35. The van der Waals surface area contributed by atoms with Crippen molar-refractivity contribution < 1.29 is 13.2 Å². The molecule has 1 N–H and O–H groups in total. The Balaban J connectivity index is 1.94. The van der Waals surface area contributed by atoms with Gasteiger partial charge in [0.05, 0.1) is 28.8 Å². The van der Waals surface area contributed by atoms with E-state index in [0.29, 0.717) is 5.69 Å². The molecule has 1 aromatic heterocycles. The van der Waals surface area contributed by atoms with Crippen LogP contribution in [-0.2, 0) is 6.18 Å². The quantitative estimate of drug-likeness (QED) is 0.925. The first kappa shape index (κ1) is 14.9. The molecule has 0 bridgehead atoms. The number of hydrogen-bond acceptors (Lipinski definition) is 3. The summed E-state index contributed by atoms with van der Waals surface area (Å²) < 4.78 is 40.1. The Morgan fingerprint density at radius 3 is 2.59 bits per heavy atom. The maximum absolute atomic E-state index is 12.8. The number of nitrogens with one attached hydrogen (secondary N) is 1. The zero-order valence-electron chi connectivity index (χ0n) is 12.2. The molecule has 0 radical (unpaired) electrons. The number of halogens is 3. The molecule has 2 aromatic rings. The number of piperazine rings is 1. The first-order valence-corrected chi connectivity index (χ1v) is 7.15. The van der Waals surface area contributed by atoms with Crippen LogP contribution >= 0.6 is 0 Å². The van der Waals surface area contributed by atoms with Crippen molar-refractivity contribution in [2.75, 3.05) is 31.1 Å². The highest BCUT2D eigenvalue weighted by molar-refractivity contribution is 5.52. The van der Waals surface area contributed by atoms with Crippen LogP contribution in [0.15, 0.2) is 30.5 Å². The number of benzene rings is 1. The maximum Gasteiger partial charge on any atom is 0.416 e. The van der Waals surface area contributed by atoms with E-state index < -0.39 is 11.7 Å². The fraction of sp³-hybridized carbons (Fsp3) is 0.400. The van der Waals surface area contributed by atoms with Gasteiger partial charge in [0.25, 0.3) is 0 Å². The van der Waals surface area contributed by atoms with E-state index >= 15 is 0 Å². The summed E-state index contributed by atoms with van der Waals surface area (Å²) in [4.78, 5) is 2.20. The average molecular weight is 310 g/mol. The summed E-state index contributed by atoms with van der Waals surface area (Å²) in [7, 11) is 0. The van der Waals surface area contributed by atoms with Crippen molar-refractivity contribution in [2.24, 2.45) is 0 Å². The third-order valence-electron chi connectivity index (χ3n) is 3.86. The molecule has 4 nitrogen and oxygen atoms in total. The van der Waals surface area contributed by atoms with Crippen LogP contribution in [-0.4, -0.2) is 36.0 Å². The minimum absolute atomic E-state index is 0.425. The van der Waals surface area contributed by atoms with Crippen LogP contribution in [0.2, 0.25) is 0 Å². The van der Waals surface area contributed by atoms with Crippen LogP contribution in [0.1, 0.15) is 11.3 Å². The Bertz CT molecular complexity index is 657. The van der Waals surface area contributed by atoms with Crippen LogP contribution < -0.4 is 10.2 Å². The summed E-state index contributed by atoms with van der Waals surface area (Å²) in [6, 6.07) is 5.24. The van der Waals surface area contributed by atoms with Gasteiger partial charge in [0.15, 0.2) is 0 Å². The van der Waals surface area contributed by atoms with Gasteiger partial charge in [0.1, 0.15) is 0 Å². The van der Waals surface area contributed by atoms with Crippen molar-refractivity contribution in [3.8, 4) is 5.69 Å². The zero-order valence-corrected chi connectivity index (χ0v) is 12.2. The fourth-order valence-corrected chi connectivity index (χ4v) is 2.69. The van der Waals surface area contributed by atoms with Crippen molar-refractivity contribution in [3.63, 3.8) is 0 Å². The Kier molecular flexibility index (Phi) is 3.82. The Morgan fingerprint density at radius 1 is 1.18 bits per heavy atom. The van der Waals surface area contributed by atoms with E-state index in [9.17, 15) is 13.2 Å². The Labute approximate surface area is 126 Å². The molecule has 0 saturated carbocycles. The largest absolute Gasteiger partial charge is 0.416 e. The highest BCUT2D eigenvalue weighted by Gasteiger charge is 2.30. The van der Waals surface area contributed by atoms with Crippen LogP contribution in [0.25, 0.3) is 5.69 Å². The topological polar surface area (TPSA) is 33.1 Å². The van der Waals surface area contributed by atoms with Crippen LogP contribution in [0.4, 0.5) is 18.9 Å². The van der Waals surface area contributed by atoms with Crippen LogP contribution in [0, 0.1) is 6.92 Å². The Morgan fingerprint density at radius 2 is 1.91 bits per heavy atom. The van der Waals surface area contributed by atoms with Gasteiger partial charge in [-0.25, -0.2) is 4.68 Å². The number of rotatable bonds is 2. The molecule has 1 aliphatic heterocycles. The maximum atomic E-state index is 12.8. The lowest BCUT2D eigenvalue weighted by molar-refractivity contribution is -0.137. The third-order valence-corrected chi connectivity index (χ3v) is 3.86. The van der Waals surface area contributed by atoms with Crippen molar-refractivity contribution in [1.82, 2.24) is 15.1 Å². The van der Waals surface area contributed by atoms with Crippen molar-refractivity contribution in [2.45, 2.75) is 13.1 Å². The standard InChI is InChI=1S/C15H17F3N4/c1-11-14(21-7-5-19-6-8-21)10-20-22(11)13-4-2-3-12(9-13)15(16,17)18/h2-4,9-10,19H,5-8H2,1H3. The molecule has 0 aliphatic carbocycles. The number of hydrogen-bond donors (Lipinski definition) is 1. The normalized spacial score (nSPS) is 16.1. The van der Waals surface area contributed by atoms with E-state index in [4.69, 9.17) is 0 Å². The van der Waals surface area contributed by atoms with E-state index in [1.807, 2.05) is 6.92 Å². The van der Waals surface area contributed by atoms with Crippen LogP contribution in [0.5, 0.6) is 0 Å². The summed E-state index contributed by atoms with van der Waals surface area (Å²) in [5.41, 5.74) is 1.58. The molecule has 1 aromatic carbocycles. The van der Waals surface area contributed by atoms with Gasteiger partial charge in [-0.1, -0.05) is 6.07 Å². The molecule has 1 fully saturated rings. The lowest BCUT2D eigenvalue weighted by Crippen LogP contribution is -2.43. The number of alkyl halides is 3. The summed E-state index contributed by atoms with van der Waals surface area (Å²) in [6.45, 7) is 5.41. The van der Waals surface area contributed by atoms with Gasteiger partial charge in [-0.3, -0.25) is 0 Å². The lowest BCUT2D eigenvalue weighted by Gasteiger charge is -2.28. The van der Waals surface area contributed by atoms with E-state index in [1.54, 1.807) is 16.9 Å². The molecule has 2 heterocycles. The number of nitrogens with zero attached hydrogens (tertiary/aromatic N) is 3. The van der Waals surface area contributed by atoms with Gasteiger partial charge in [0, 0.05) is 26.2 Å². The van der Waals surface area contributed by atoms with Crippen LogP contribution in [0.3, 0.4) is 0 Å². The van der Waals surface area contributed by atoms with E-state index in [1.165, 1.54) is 6.07 Å². The number of anilines is 1. The molecule has 0 unspecified atom stereocenters. The Hall–Kier alpha value is -2.02. The molecule has 0 atom stereocenters. The number of aromatic nitrogens is 2. The molecule has 1 aliphatic rings. The van der Waals surface area contributed by atoms with Gasteiger partial charge in [-0.05, 0) is 25.1 Å². The predicted molar refractivity (Wildman–Crippen MR) is 78.4 cm³/mol. The van der Waals surface area contributed by atoms with Gasteiger partial charge in [-0.15, -0.1) is 0 Å². The minimum Gasteiger partial charge on any atom is -0.366 e. The zero-order chi connectivity index (χ0) is 15.7. The predicted octanol–water partition coefficient (Wildman–Crippen LogP) is 2.61. The van der Waals surface area contributed by atoms with Gasteiger partial charge < -0.3 is 10.2 Å². The highest BCUT2D eigenvalue weighted by Crippen LogP contribution is 2.31. The van der Waals surface area contributed by atoms with Gasteiger partial charge >= 0.3 is 6.18 Å². The molecule has 3 rings (SSSR count). The molecule has 22 heavy (non-hydrogen) atoms. The van der Waals surface area contributed by atoms with Crippen molar-refractivity contribution in [1.29, 1.82) is 0 Å². The van der Waals surface area contributed by atoms with Crippen molar-refractivity contribution >= 4 is 5.69 Å². The molecule has 0 amide bonds.